The molecule has 98 valence electrons. The normalized spacial score (nSPS) is 23.1. The number of halogens is 2. The summed E-state index contributed by atoms with van der Waals surface area (Å²) in [7, 11) is 1.65. The van der Waals surface area contributed by atoms with Crippen LogP contribution in [0.4, 0.5) is 0 Å². The lowest BCUT2D eigenvalue weighted by atomic mass is 10.1. The van der Waals surface area contributed by atoms with Gasteiger partial charge in [0.05, 0.1) is 22.7 Å². The van der Waals surface area contributed by atoms with E-state index < -0.39 is 6.10 Å². The standard InChI is InChI=1S/C12H14Cl2N2O2/c1-16(10-5-15-6-11(10)17)12(18)8-4-7(13)2-3-9(8)14/h2-4,10-11,15,17H,5-6H2,1H3/t10-,11-/m0/s1. The van der Waals surface area contributed by atoms with Gasteiger partial charge in [-0.1, -0.05) is 23.2 Å². The lowest BCUT2D eigenvalue weighted by molar-refractivity contribution is 0.0581. The Morgan fingerprint density at radius 1 is 1.44 bits per heavy atom. The predicted octanol–water partition coefficient (Wildman–Crippen LogP) is 1.40. The van der Waals surface area contributed by atoms with Crippen molar-refractivity contribution in [1.82, 2.24) is 10.2 Å². The number of rotatable bonds is 2. The average molecular weight is 289 g/mol. The Labute approximate surface area is 115 Å². The summed E-state index contributed by atoms with van der Waals surface area (Å²) in [6, 6.07) is 4.52. The van der Waals surface area contributed by atoms with Gasteiger partial charge in [0.2, 0.25) is 0 Å². The summed E-state index contributed by atoms with van der Waals surface area (Å²) in [6.07, 6.45) is -0.558. The third-order valence-electron chi connectivity index (χ3n) is 3.13. The Hall–Kier alpha value is -0.810. The van der Waals surface area contributed by atoms with Crippen molar-refractivity contribution in [3.63, 3.8) is 0 Å². The molecular weight excluding hydrogens is 275 g/mol. The first-order valence-electron chi connectivity index (χ1n) is 5.61. The van der Waals surface area contributed by atoms with E-state index in [4.69, 9.17) is 23.2 Å². The van der Waals surface area contributed by atoms with Gasteiger partial charge in [0.25, 0.3) is 5.91 Å². The van der Waals surface area contributed by atoms with E-state index in [1.807, 2.05) is 0 Å². The molecule has 0 spiro atoms. The van der Waals surface area contributed by atoms with Crippen LogP contribution in [0.3, 0.4) is 0 Å². The van der Waals surface area contributed by atoms with Gasteiger partial charge in [-0.05, 0) is 18.2 Å². The smallest absolute Gasteiger partial charge is 0.255 e. The van der Waals surface area contributed by atoms with Crippen LogP contribution < -0.4 is 5.32 Å². The van der Waals surface area contributed by atoms with Crippen molar-refractivity contribution in [1.29, 1.82) is 0 Å². The summed E-state index contributed by atoms with van der Waals surface area (Å²) in [4.78, 5) is 13.8. The highest BCUT2D eigenvalue weighted by Crippen LogP contribution is 2.23. The van der Waals surface area contributed by atoms with Gasteiger partial charge < -0.3 is 15.3 Å². The fraction of sp³-hybridized carbons (Fsp3) is 0.417. The fourth-order valence-electron chi connectivity index (χ4n) is 2.05. The van der Waals surface area contributed by atoms with Crippen LogP contribution in [0.1, 0.15) is 10.4 Å². The highest BCUT2D eigenvalue weighted by molar-refractivity contribution is 6.35. The van der Waals surface area contributed by atoms with Gasteiger partial charge in [-0.3, -0.25) is 4.79 Å². The average Bonchev–Trinajstić information content (AvgIpc) is 2.77. The fourth-order valence-corrected chi connectivity index (χ4v) is 2.42. The molecule has 0 aromatic heterocycles. The Morgan fingerprint density at radius 2 is 2.17 bits per heavy atom. The zero-order valence-electron chi connectivity index (χ0n) is 9.86. The molecule has 1 heterocycles. The molecule has 0 aliphatic carbocycles. The summed E-state index contributed by atoms with van der Waals surface area (Å²) < 4.78 is 0. The highest BCUT2D eigenvalue weighted by Gasteiger charge is 2.32. The summed E-state index contributed by atoms with van der Waals surface area (Å²) in [6.45, 7) is 1.06. The van der Waals surface area contributed by atoms with Crippen LogP contribution >= 0.6 is 23.2 Å². The minimum atomic E-state index is -0.558. The quantitative estimate of drug-likeness (QED) is 0.865. The lowest BCUT2D eigenvalue weighted by Gasteiger charge is -2.26. The Kier molecular flexibility index (Phi) is 4.12. The number of β-amino-alcohol motifs (C(OH)–C–C–N with tert-alkyl or cyclic N) is 1. The number of amides is 1. The minimum Gasteiger partial charge on any atom is -0.390 e. The lowest BCUT2D eigenvalue weighted by Crippen LogP contribution is -2.44. The van der Waals surface area contributed by atoms with E-state index in [1.54, 1.807) is 19.2 Å². The number of hydrogen-bond donors (Lipinski definition) is 2. The number of hydrogen-bond acceptors (Lipinski definition) is 3. The van der Waals surface area contributed by atoms with Crippen LogP contribution in [0.5, 0.6) is 0 Å². The van der Waals surface area contributed by atoms with Crippen LogP contribution in [-0.2, 0) is 0 Å². The maximum absolute atomic E-state index is 12.3. The Balaban J connectivity index is 2.22. The number of benzene rings is 1. The molecule has 1 amide bonds. The third-order valence-corrected chi connectivity index (χ3v) is 3.69. The van der Waals surface area contributed by atoms with Crippen LogP contribution in [0.25, 0.3) is 0 Å². The largest absolute Gasteiger partial charge is 0.390 e. The molecule has 1 aromatic rings. The molecule has 4 nitrogen and oxygen atoms in total. The van der Waals surface area contributed by atoms with Crippen molar-refractivity contribution in [2.24, 2.45) is 0 Å². The zero-order valence-corrected chi connectivity index (χ0v) is 11.4. The minimum absolute atomic E-state index is 0.241. The second kappa shape index (κ2) is 5.45. The van der Waals surface area contributed by atoms with Gasteiger partial charge in [0.15, 0.2) is 0 Å². The Bertz CT molecular complexity index is 467. The number of nitrogens with zero attached hydrogens (tertiary/aromatic N) is 1. The maximum Gasteiger partial charge on any atom is 0.255 e. The van der Waals surface area contributed by atoms with Crippen molar-refractivity contribution >= 4 is 29.1 Å². The molecule has 2 rings (SSSR count). The molecule has 6 heteroatoms. The van der Waals surface area contributed by atoms with Gasteiger partial charge in [-0.2, -0.15) is 0 Å². The summed E-state index contributed by atoms with van der Waals surface area (Å²) in [5.41, 5.74) is 0.353. The molecule has 0 radical (unpaired) electrons. The first-order valence-corrected chi connectivity index (χ1v) is 6.37. The number of carbonyl (C=O) groups excluding carboxylic acids is 1. The number of aliphatic hydroxyl groups excluding tert-OH is 1. The van der Waals surface area contributed by atoms with Crippen molar-refractivity contribution < 1.29 is 9.90 Å². The van der Waals surface area contributed by atoms with E-state index in [2.05, 4.69) is 5.32 Å². The van der Waals surface area contributed by atoms with Crippen LogP contribution in [0.2, 0.25) is 10.0 Å². The third kappa shape index (κ3) is 2.62. The molecule has 18 heavy (non-hydrogen) atoms. The second-order valence-electron chi connectivity index (χ2n) is 4.33. The number of aliphatic hydroxyl groups is 1. The van der Waals surface area contributed by atoms with Crippen LogP contribution in [0, 0.1) is 0 Å². The molecule has 2 N–H and O–H groups in total. The van der Waals surface area contributed by atoms with Crippen LogP contribution in [-0.4, -0.2) is 48.2 Å². The van der Waals surface area contributed by atoms with Gasteiger partial charge in [0.1, 0.15) is 0 Å². The molecule has 1 aliphatic heterocycles. The van der Waals surface area contributed by atoms with E-state index in [0.29, 0.717) is 28.7 Å². The maximum atomic E-state index is 12.3. The number of nitrogens with one attached hydrogen (secondary N) is 1. The van der Waals surface area contributed by atoms with Crippen molar-refractivity contribution in [3.8, 4) is 0 Å². The second-order valence-corrected chi connectivity index (χ2v) is 5.18. The highest BCUT2D eigenvalue weighted by atomic mass is 35.5. The molecule has 1 aromatic carbocycles. The van der Waals surface area contributed by atoms with Crippen molar-refractivity contribution in [3.05, 3.63) is 33.8 Å². The molecule has 1 saturated heterocycles. The van der Waals surface area contributed by atoms with Crippen LogP contribution in [0.15, 0.2) is 18.2 Å². The van der Waals surface area contributed by atoms with Gasteiger partial charge >= 0.3 is 0 Å². The number of likely N-dealkylation sites (N-methyl/N-ethyl adjacent to an activating group) is 1. The Morgan fingerprint density at radius 3 is 2.78 bits per heavy atom. The first kappa shape index (κ1) is 13.6. The molecule has 0 bridgehead atoms. The molecule has 1 fully saturated rings. The predicted molar refractivity (Wildman–Crippen MR) is 71.2 cm³/mol. The summed E-state index contributed by atoms with van der Waals surface area (Å²) in [5, 5.41) is 13.6. The molecule has 2 atom stereocenters. The van der Waals surface area contributed by atoms with E-state index in [9.17, 15) is 9.90 Å². The topological polar surface area (TPSA) is 52.6 Å². The van der Waals surface area contributed by atoms with E-state index in [0.717, 1.165) is 0 Å². The summed E-state index contributed by atoms with van der Waals surface area (Å²) >= 11 is 11.9. The molecule has 1 aliphatic rings. The molecule has 0 unspecified atom stereocenters. The first-order chi connectivity index (χ1) is 8.50. The van der Waals surface area contributed by atoms with E-state index >= 15 is 0 Å². The summed E-state index contributed by atoms with van der Waals surface area (Å²) in [5.74, 6) is -0.241. The van der Waals surface area contributed by atoms with Gasteiger partial charge in [-0.15, -0.1) is 0 Å². The van der Waals surface area contributed by atoms with Gasteiger partial charge in [0, 0.05) is 25.2 Å². The van der Waals surface area contributed by atoms with E-state index in [1.165, 1.54) is 11.0 Å². The SMILES string of the molecule is CN(C(=O)c1cc(Cl)ccc1Cl)[C@H]1CNC[C@@H]1O. The number of carbonyl (C=O) groups is 1. The van der Waals surface area contributed by atoms with E-state index in [-0.39, 0.29) is 11.9 Å². The monoisotopic (exact) mass is 288 g/mol. The van der Waals surface area contributed by atoms with Gasteiger partial charge in [-0.25, -0.2) is 0 Å². The van der Waals surface area contributed by atoms with Crippen molar-refractivity contribution in [2.75, 3.05) is 20.1 Å². The van der Waals surface area contributed by atoms with Crippen molar-refractivity contribution in [2.45, 2.75) is 12.1 Å². The molecular formula is C12H14Cl2N2O2. The molecule has 0 saturated carbocycles. The zero-order chi connectivity index (χ0) is 13.3.